The van der Waals surface area contributed by atoms with Gasteiger partial charge in [-0.05, 0) is 19.3 Å². The van der Waals surface area contributed by atoms with E-state index in [-0.39, 0.29) is 18.0 Å². The molecule has 2 N–H and O–H groups in total. The summed E-state index contributed by atoms with van der Waals surface area (Å²) >= 11 is 0. The Morgan fingerprint density at radius 3 is 2.65 bits per heavy atom. The van der Waals surface area contributed by atoms with Crippen LogP contribution in [0.5, 0.6) is 0 Å². The van der Waals surface area contributed by atoms with Crippen LogP contribution in [0.25, 0.3) is 0 Å². The van der Waals surface area contributed by atoms with Gasteiger partial charge in [-0.3, -0.25) is 14.6 Å². The maximum atomic E-state index is 11.8. The number of hydrogen-bond donors (Lipinski definition) is 2. The van der Waals surface area contributed by atoms with E-state index in [4.69, 9.17) is 5.11 Å². The second-order valence-corrected chi connectivity index (χ2v) is 4.25. The van der Waals surface area contributed by atoms with Gasteiger partial charge in [0.1, 0.15) is 5.69 Å². The van der Waals surface area contributed by atoms with Crippen LogP contribution in [-0.4, -0.2) is 32.5 Å². The van der Waals surface area contributed by atoms with Crippen LogP contribution < -0.4 is 5.32 Å². The molecule has 1 aromatic rings. The Balaban J connectivity index is 2.05. The summed E-state index contributed by atoms with van der Waals surface area (Å²) in [6, 6.07) is 0. The van der Waals surface area contributed by atoms with Crippen LogP contribution >= 0.6 is 0 Å². The Morgan fingerprint density at radius 1 is 1.41 bits per heavy atom. The first-order valence-corrected chi connectivity index (χ1v) is 5.42. The Hall–Kier alpha value is -1.98. The summed E-state index contributed by atoms with van der Waals surface area (Å²) in [5.41, 5.74) is -0.385. The second-order valence-electron chi connectivity index (χ2n) is 4.25. The normalized spacial score (nSPS) is 16.9. The molecule has 1 saturated carbocycles. The summed E-state index contributed by atoms with van der Waals surface area (Å²) in [7, 11) is 0. The Labute approximate surface area is 98.1 Å². The van der Waals surface area contributed by atoms with Crippen LogP contribution in [0.4, 0.5) is 0 Å². The summed E-state index contributed by atoms with van der Waals surface area (Å²) in [6.07, 6.45) is 6.57. The number of amides is 1. The number of carboxylic acid groups (broad SMARTS) is 1. The van der Waals surface area contributed by atoms with Crippen molar-refractivity contribution in [2.75, 3.05) is 0 Å². The largest absolute Gasteiger partial charge is 0.481 e. The fraction of sp³-hybridized carbons (Fsp3) is 0.455. The van der Waals surface area contributed by atoms with Gasteiger partial charge in [-0.15, -0.1) is 0 Å². The Morgan fingerprint density at radius 2 is 2.18 bits per heavy atom. The minimum atomic E-state index is -0.899. The second kappa shape index (κ2) is 4.48. The van der Waals surface area contributed by atoms with Crippen molar-refractivity contribution in [2.24, 2.45) is 0 Å². The van der Waals surface area contributed by atoms with Crippen LogP contribution in [0.3, 0.4) is 0 Å². The van der Waals surface area contributed by atoms with E-state index in [9.17, 15) is 9.59 Å². The van der Waals surface area contributed by atoms with Crippen LogP contribution in [-0.2, 0) is 4.79 Å². The molecule has 6 heteroatoms. The zero-order valence-electron chi connectivity index (χ0n) is 9.22. The quantitative estimate of drug-likeness (QED) is 0.797. The molecule has 0 unspecified atom stereocenters. The monoisotopic (exact) mass is 235 g/mol. The molecule has 90 valence electrons. The molecular weight excluding hydrogens is 222 g/mol. The molecular formula is C11H13N3O3. The lowest BCUT2D eigenvalue weighted by Crippen LogP contribution is -2.54. The van der Waals surface area contributed by atoms with Crippen molar-refractivity contribution in [1.82, 2.24) is 15.3 Å². The lowest BCUT2D eigenvalue weighted by molar-refractivity contribution is -0.139. The average Bonchev–Trinajstić information content (AvgIpc) is 2.26. The summed E-state index contributed by atoms with van der Waals surface area (Å²) in [5.74, 6) is -1.26. The number of aromatic nitrogens is 2. The van der Waals surface area contributed by atoms with Gasteiger partial charge in [-0.25, -0.2) is 4.98 Å². The van der Waals surface area contributed by atoms with E-state index >= 15 is 0 Å². The van der Waals surface area contributed by atoms with E-state index < -0.39 is 11.5 Å². The van der Waals surface area contributed by atoms with Crippen molar-refractivity contribution in [3.05, 3.63) is 24.3 Å². The van der Waals surface area contributed by atoms with Crippen LogP contribution in [0.2, 0.25) is 0 Å². The van der Waals surface area contributed by atoms with Gasteiger partial charge in [0.2, 0.25) is 0 Å². The SMILES string of the molecule is O=C(O)CC1(NC(=O)c2cnccn2)CCC1. The van der Waals surface area contributed by atoms with Crippen LogP contribution in [0, 0.1) is 0 Å². The van der Waals surface area contributed by atoms with Crippen molar-refractivity contribution in [3.63, 3.8) is 0 Å². The highest BCUT2D eigenvalue weighted by atomic mass is 16.4. The highest BCUT2D eigenvalue weighted by Crippen LogP contribution is 2.35. The third-order valence-electron chi connectivity index (χ3n) is 2.97. The number of rotatable bonds is 4. The smallest absolute Gasteiger partial charge is 0.305 e. The van der Waals surface area contributed by atoms with E-state index in [1.807, 2.05) is 0 Å². The maximum absolute atomic E-state index is 11.8. The fourth-order valence-electron chi connectivity index (χ4n) is 1.96. The predicted octanol–water partition coefficient (Wildman–Crippen LogP) is 0.604. The summed E-state index contributed by atoms with van der Waals surface area (Å²) < 4.78 is 0. The third-order valence-corrected chi connectivity index (χ3v) is 2.97. The zero-order chi connectivity index (χ0) is 12.3. The van der Waals surface area contributed by atoms with Gasteiger partial charge in [-0.1, -0.05) is 0 Å². The molecule has 6 nitrogen and oxygen atoms in total. The van der Waals surface area contributed by atoms with Gasteiger partial charge < -0.3 is 10.4 Å². The van der Waals surface area contributed by atoms with Crippen molar-refractivity contribution < 1.29 is 14.7 Å². The molecule has 1 aliphatic carbocycles. The van der Waals surface area contributed by atoms with Gasteiger partial charge in [0.05, 0.1) is 18.2 Å². The molecule has 0 radical (unpaired) electrons. The summed E-state index contributed by atoms with van der Waals surface area (Å²) in [6.45, 7) is 0. The van der Waals surface area contributed by atoms with E-state index in [0.29, 0.717) is 12.8 Å². The third kappa shape index (κ3) is 2.58. The highest BCUT2D eigenvalue weighted by Gasteiger charge is 2.40. The van der Waals surface area contributed by atoms with Crippen molar-refractivity contribution >= 4 is 11.9 Å². The van der Waals surface area contributed by atoms with E-state index in [2.05, 4.69) is 15.3 Å². The molecule has 0 aliphatic heterocycles. The number of carbonyl (C=O) groups is 2. The summed E-state index contributed by atoms with van der Waals surface area (Å²) in [5, 5.41) is 11.6. The Kier molecular flexibility index (Phi) is 3.03. The summed E-state index contributed by atoms with van der Waals surface area (Å²) in [4.78, 5) is 30.3. The van der Waals surface area contributed by atoms with Gasteiger partial charge in [-0.2, -0.15) is 0 Å². The molecule has 1 fully saturated rings. The molecule has 1 heterocycles. The number of nitrogens with zero attached hydrogens (tertiary/aromatic N) is 2. The number of aliphatic carboxylic acids is 1. The molecule has 0 aromatic carbocycles. The van der Waals surface area contributed by atoms with Crippen molar-refractivity contribution in [1.29, 1.82) is 0 Å². The maximum Gasteiger partial charge on any atom is 0.305 e. The minimum Gasteiger partial charge on any atom is -0.481 e. The standard InChI is InChI=1S/C11H13N3O3/c15-9(16)6-11(2-1-3-11)14-10(17)8-7-12-4-5-13-8/h4-5,7H,1-3,6H2,(H,14,17)(H,15,16). The molecule has 2 rings (SSSR count). The number of nitrogens with one attached hydrogen (secondary N) is 1. The fourth-order valence-corrected chi connectivity index (χ4v) is 1.96. The number of carbonyl (C=O) groups excluding carboxylic acids is 1. The molecule has 0 saturated heterocycles. The van der Waals surface area contributed by atoms with Gasteiger partial charge in [0.15, 0.2) is 0 Å². The van der Waals surface area contributed by atoms with Crippen LogP contribution in [0.1, 0.15) is 36.2 Å². The number of carboxylic acids is 1. The number of hydrogen-bond acceptors (Lipinski definition) is 4. The lowest BCUT2D eigenvalue weighted by atomic mass is 9.74. The molecule has 0 bridgehead atoms. The Bertz CT molecular complexity index is 429. The average molecular weight is 235 g/mol. The van der Waals surface area contributed by atoms with Crippen LogP contribution in [0.15, 0.2) is 18.6 Å². The van der Waals surface area contributed by atoms with Gasteiger partial charge in [0, 0.05) is 12.4 Å². The highest BCUT2D eigenvalue weighted by molar-refractivity contribution is 5.92. The van der Waals surface area contributed by atoms with E-state index in [1.165, 1.54) is 18.6 Å². The first-order valence-electron chi connectivity index (χ1n) is 5.42. The molecule has 17 heavy (non-hydrogen) atoms. The van der Waals surface area contributed by atoms with E-state index in [0.717, 1.165) is 6.42 Å². The molecule has 0 atom stereocenters. The first-order chi connectivity index (χ1) is 8.11. The zero-order valence-corrected chi connectivity index (χ0v) is 9.22. The molecule has 1 amide bonds. The lowest BCUT2D eigenvalue weighted by Gasteiger charge is -2.41. The topological polar surface area (TPSA) is 92.2 Å². The van der Waals surface area contributed by atoms with Crippen molar-refractivity contribution in [3.8, 4) is 0 Å². The van der Waals surface area contributed by atoms with Gasteiger partial charge in [0.25, 0.3) is 5.91 Å². The van der Waals surface area contributed by atoms with Gasteiger partial charge >= 0.3 is 5.97 Å². The first kappa shape index (κ1) is 11.5. The minimum absolute atomic E-state index is 0.0427. The van der Waals surface area contributed by atoms with Crippen molar-refractivity contribution in [2.45, 2.75) is 31.2 Å². The predicted molar refractivity (Wildman–Crippen MR) is 58.3 cm³/mol. The molecule has 1 aliphatic rings. The van der Waals surface area contributed by atoms with E-state index in [1.54, 1.807) is 0 Å². The molecule has 1 aromatic heterocycles. The molecule has 0 spiro atoms.